The molecule has 3 aromatic heterocycles. The van der Waals surface area contributed by atoms with Crippen molar-refractivity contribution in [3.63, 3.8) is 0 Å². The van der Waals surface area contributed by atoms with Crippen molar-refractivity contribution >= 4 is 33.2 Å². The fraction of sp³-hybridized carbons (Fsp3) is 0.280. The summed E-state index contributed by atoms with van der Waals surface area (Å²) in [5.41, 5.74) is 4.14. The monoisotopic (exact) mass is 441 g/mol. The molecular weight excluding hydrogens is 418 g/mol. The Labute approximate surface area is 189 Å². The molecular formula is C25H23N5O3. The van der Waals surface area contributed by atoms with Crippen molar-refractivity contribution in [2.24, 2.45) is 0 Å². The zero-order valence-electron chi connectivity index (χ0n) is 18.3. The summed E-state index contributed by atoms with van der Waals surface area (Å²) in [4.78, 5) is 28.1. The summed E-state index contributed by atoms with van der Waals surface area (Å²) in [7, 11) is 1.65. The van der Waals surface area contributed by atoms with Gasteiger partial charge < -0.3 is 14.0 Å². The van der Waals surface area contributed by atoms with Gasteiger partial charge in [0.25, 0.3) is 5.56 Å². The van der Waals surface area contributed by atoms with Gasteiger partial charge in [0.05, 0.1) is 43.7 Å². The second kappa shape index (κ2) is 7.97. The van der Waals surface area contributed by atoms with E-state index >= 15 is 0 Å². The summed E-state index contributed by atoms with van der Waals surface area (Å²) in [6.45, 7) is 1.69. The molecule has 8 nitrogen and oxygen atoms in total. The van der Waals surface area contributed by atoms with Crippen molar-refractivity contribution < 1.29 is 9.47 Å². The number of hydrogen-bond donors (Lipinski definition) is 0. The average Bonchev–Trinajstić information content (AvgIpc) is 3.46. The second-order valence-corrected chi connectivity index (χ2v) is 8.32. The molecule has 0 aliphatic carbocycles. The largest absolute Gasteiger partial charge is 0.496 e. The van der Waals surface area contributed by atoms with Crippen LogP contribution < -0.4 is 10.3 Å². The first-order valence-electron chi connectivity index (χ1n) is 11.1. The minimum atomic E-state index is -0.121. The van der Waals surface area contributed by atoms with Gasteiger partial charge in [-0.05, 0) is 31.0 Å². The number of ether oxygens (including phenoxy) is 2. The van der Waals surface area contributed by atoms with E-state index in [2.05, 4.69) is 0 Å². The number of benzene rings is 2. The van der Waals surface area contributed by atoms with Crippen LogP contribution in [0.15, 0.2) is 59.7 Å². The molecule has 0 spiro atoms. The number of fused-ring (bicyclic) bond motifs is 4. The molecule has 166 valence electrons. The van der Waals surface area contributed by atoms with Crippen molar-refractivity contribution in [2.75, 3.05) is 13.7 Å². The molecule has 0 radical (unpaired) electrons. The molecule has 8 heteroatoms. The Balaban J connectivity index is 1.61. The lowest BCUT2D eigenvalue weighted by Gasteiger charge is -2.12. The molecule has 0 N–H and O–H groups in total. The van der Waals surface area contributed by atoms with E-state index in [-0.39, 0.29) is 11.7 Å². The van der Waals surface area contributed by atoms with Gasteiger partial charge in [0.1, 0.15) is 16.7 Å². The Bertz CT molecular complexity index is 1550. The summed E-state index contributed by atoms with van der Waals surface area (Å²) in [6.07, 6.45) is 3.62. The van der Waals surface area contributed by atoms with E-state index in [4.69, 9.17) is 24.4 Å². The van der Waals surface area contributed by atoms with E-state index in [9.17, 15) is 4.79 Å². The van der Waals surface area contributed by atoms with Gasteiger partial charge in [-0.25, -0.2) is 15.0 Å². The van der Waals surface area contributed by atoms with Gasteiger partial charge in [0.2, 0.25) is 0 Å². The summed E-state index contributed by atoms with van der Waals surface area (Å²) in [5, 5.41) is 0.485. The molecule has 33 heavy (non-hydrogen) atoms. The zero-order valence-corrected chi connectivity index (χ0v) is 18.3. The molecule has 1 unspecified atom stereocenters. The third-order valence-corrected chi connectivity index (χ3v) is 6.26. The summed E-state index contributed by atoms with van der Waals surface area (Å²) in [6, 6.07) is 15.5. The lowest BCUT2D eigenvalue weighted by atomic mass is 10.2. The Morgan fingerprint density at radius 1 is 1.06 bits per heavy atom. The van der Waals surface area contributed by atoms with E-state index < -0.39 is 0 Å². The zero-order chi connectivity index (χ0) is 22.4. The van der Waals surface area contributed by atoms with Gasteiger partial charge in [-0.15, -0.1) is 0 Å². The van der Waals surface area contributed by atoms with Crippen LogP contribution in [0.5, 0.6) is 5.75 Å². The average molecular weight is 441 g/mol. The van der Waals surface area contributed by atoms with Crippen LogP contribution in [0.4, 0.5) is 0 Å². The van der Waals surface area contributed by atoms with Crippen LogP contribution in [0.1, 0.15) is 18.4 Å². The fourth-order valence-electron chi connectivity index (χ4n) is 4.63. The summed E-state index contributed by atoms with van der Waals surface area (Å²) < 4.78 is 14.9. The second-order valence-electron chi connectivity index (χ2n) is 8.32. The molecule has 1 fully saturated rings. The lowest BCUT2D eigenvalue weighted by molar-refractivity contribution is 0.0960. The van der Waals surface area contributed by atoms with E-state index in [1.54, 1.807) is 18.0 Å². The molecule has 0 bridgehead atoms. The topological polar surface area (TPSA) is 84.1 Å². The summed E-state index contributed by atoms with van der Waals surface area (Å²) in [5.74, 6) is 0.771. The van der Waals surface area contributed by atoms with Crippen molar-refractivity contribution in [3.8, 4) is 5.75 Å². The van der Waals surface area contributed by atoms with Crippen LogP contribution in [0, 0.1) is 0 Å². The molecule has 2 aromatic carbocycles. The normalized spacial score (nSPS) is 16.2. The number of para-hydroxylation sites is 3. The molecule has 1 atom stereocenters. The Morgan fingerprint density at radius 3 is 2.64 bits per heavy atom. The predicted octanol–water partition coefficient (Wildman–Crippen LogP) is 3.53. The van der Waals surface area contributed by atoms with Gasteiger partial charge in [-0.2, -0.15) is 0 Å². The van der Waals surface area contributed by atoms with E-state index in [1.165, 1.54) is 0 Å². The van der Waals surface area contributed by atoms with Crippen LogP contribution in [0.25, 0.3) is 33.2 Å². The van der Waals surface area contributed by atoms with Gasteiger partial charge in [-0.3, -0.25) is 9.36 Å². The van der Waals surface area contributed by atoms with Crippen molar-refractivity contribution in [1.29, 1.82) is 0 Å². The maximum atomic E-state index is 13.6. The van der Waals surface area contributed by atoms with Crippen molar-refractivity contribution in [3.05, 3.63) is 70.8 Å². The number of hydrogen-bond acceptors (Lipinski definition) is 6. The first-order valence-corrected chi connectivity index (χ1v) is 11.1. The molecule has 1 aliphatic rings. The highest BCUT2D eigenvalue weighted by Gasteiger charge is 2.22. The van der Waals surface area contributed by atoms with Crippen LogP contribution >= 0.6 is 0 Å². The molecule has 0 saturated carbocycles. The highest BCUT2D eigenvalue weighted by Crippen LogP contribution is 2.28. The standard InChI is InChI=1S/C25H23N5O3/c1-32-20-11-5-2-7-16(20)13-30-23-21(22-24(30)28-19-10-4-3-9-18(19)27-22)25(31)29(15-26-23)14-17-8-6-12-33-17/h2-5,7,9-11,15,17H,6,8,12-14H2,1H3. The van der Waals surface area contributed by atoms with Gasteiger partial charge in [0, 0.05) is 12.2 Å². The molecule has 6 rings (SSSR count). The number of aromatic nitrogens is 5. The highest BCUT2D eigenvalue weighted by atomic mass is 16.5. The van der Waals surface area contributed by atoms with Crippen LogP contribution in [-0.4, -0.2) is 43.9 Å². The third kappa shape index (κ3) is 3.34. The van der Waals surface area contributed by atoms with Gasteiger partial charge in [0.15, 0.2) is 11.3 Å². The molecule has 5 aromatic rings. The van der Waals surface area contributed by atoms with E-state index in [1.807, 2.05) is 53.1 Å². The number of nitrogens with zero attached hydrogens (tertiary/aromatic N) is 5. The minimum absolute atomic E-state index is 0.0378. The van der Waals surface area contributed by atoms with Crippen molar-refractivity contribution in [2.45, 2.75) is 32.0 Å². The summed E-state index contributed by atoms with van der Waals surface area (Å²) >= 11 is 0. The number of methoxy groups -OCH3 is 1. The SMILES string of the molecule is COc1ccccc1Cn1c2nc3ccccc3nc2c2c(=O)n(CC3CCCO3)cnc21. The molecule has 1 saturated heterocycles. The smallest absolute Gasteiger partial charge is 0.265 e. The Hall–Kier alpha value is -3.78. The quantitative estimate of drug-likeness (QED) is 0.415. The van der Waals surface area contributed by atoms with Crippen LogP contribution in [0.3, 0.4) is 0 Å². The van der Waals surface area contributed by atoms with Gasteiger partial charge >= 0.3 is 0 Å². The van der Waals surface area contributed by atoms with Gasteiger partial charge in [-0.1, -0.05) is 30.3 Å². The third-order valence-electron chi connectivity index (χ3n) is 6.26. The number of rotatable bonds is 5. The first kappa shape index (κ1) is 19.9. The van der Waals surface area contributed by atoms with E-state index in [0.717, 1.165) is 41.8 Å². The fourth-order valence-corrected chi connectivity index (χ4v) is 4.63. The first-order chi connectivity index (χ1) is 16.2. The molecule has 0 amide bonds. The molecule has 4 heterocycles. The maximum Gasteiger partial charge on any atom is 0.265 e. The maximum absolute atomic E-state index is 13.6. The van der Waals surface area contributed by atoms with Crippen LogP contribution in [0.2, 0.25) is 0 Å². The predicted molar refractivity (Wildman–Crippen MR) is 126 cm³/mol. The van der Waals surface area contributed by atoms with E-state index in [0.29, 0.717) is 35.3 Å². The van der Waals surface area contributed by atoms with Crippen LogP contribution in [-0.2, 0) is 17.8 Å². The Morgan fingerprint density at radius 2 is 1.85 bits per heavy atom. The minimum Gasteiger partial charge on any atom is -0.496 e. The molecule has 1 aliphatic heterocycles. The van der Waals surface area contributed by atoms with Crippen molar-refractivity contribution in [1.82, 2.24) is 24.1 Å². The lowest BCUT2D eigenvalue weighted by Crippen LogP contribution is -2.26. The highest BCUT2D eigenvalue weighted by molar-refractivity contribution is 6.04. The Kier molecular flexibility index (Phi) is 4.80.